The molecule has 0 bridgehead atoms. The molecule has 0 aliphatic rings. The number of carbonyl (C=O) groups is 1. The Morgan fingerprint density at radius 3 is 2.65 bits per heavy atom. The Hall–Kier alpha value is -0.900. The topological polar surface area (TPSA) is 60.8 Å². The zero-order valence-electron chi connectivity index (χ0n) is 14.6. The van der Waals surface area contributed by atoms with Crippen LogP contribution in [0.15, 0.2) is 16.6 Å². The van der Waals surface area contributed by atoms with Crippen LogP contribution in [0.25, 0.3) is 0 Å². The van der Waals surface area contributed by atoms with E-state index in [4.69, 9.17) is 0 Å². The number of guanidine groups is 1. The summed E-state index contributed by atoms with van der Waals surface area (Å²) in [5.74, 6) is 0.762. The van der Waals surface area contributed by atoms with Crippen molar-refractivity contribution in [2.24, 2.45) is 4.99 Å². The van der Waals surface area contributed by atoms with Gasteiger partial charge in [0, 0.05) is 51.7 Å². The van der Waals surface area contributed by atoms with Gasteiger partial charge in [-0.05, 0) is 13.3 Å². The third-order valence-corrected chi connectivity index (χ3v) is 4.20. The molecule has 1 atom stereocenters. The summed E-state index contributed by atoms with van der Waals surface area (Å²) in [6, 6.07) is 0.315. The maximum absolute atomic E-state index is 11.7. The van der Waals surface area contributed by atoms with Crippen molar-refractivity contribution in [3.63, 3.8) is 0 Å². The number of nitrogens with one attached hydrogen (secondary N) is 1. The van der Waals surface area contributed by atoms with Gasteiger partial charge in [0.15, 0.2) is 5.96 Å². The van der Waals surface area contributed by atoms with Gasteiger partial charge in [0.25, 0.3) is 0 Å². The molecule has 1 heterocycles. The van der Waals surface area contributed by atoms with E-state index < -0.39 is 0 Å². The van der Waals surface area contributed by atoms with E-state index >= 15 is 0 Å². The first-order valence-electron chi connectivity index (χ1n) is 7.54. The molecule has 1 aromatic heterocycles. The maximum atomic E-state index is 11.7. The van der Waals surface area contributed by atoms with E-state index in [1.807, 2.05) is 18.6 Å². The van der Waals surface area contributed by atoms with Gasteiger partial charge in [0.1, 0.15) is 6.54 Å². The third-order valence-electron chi connectivity index (χ3n) is 3.36. The fourth-order valence-corrected chi connectivity index (χ4v) is 2.24. The van der Waals surface area contributed by atoms with Crippen LogP contribution in [0, 0.1) is 0 Å². The van der Waals surface area contributed by atoms with Crippen molar-refractivity contribution in [3.05, 3.63) is 16.6 Å². The molecule has 1 unspecified atom stereocenters. The summed E-state index contributed by atoms with van der Waals surface area (Å²) in [6.07, 6.45) is 3.69. The lowest BCUT2D eigenvalue weighted by molar-refractivity contribution is -0.127. The van der Waals surface area contributed by atoms with E-state index in [-0.39, 0.29) is 36.4 Å². The number of halogens is 1. The number of carbonyl (C=O) groups excluding carboxylic acids is 1. The van der Waals surface area contributed by atoms with Gasteiger partial charge in [-0.2, -0.15) is 0 Å². The molecular formula is C15H28IN5OS. The van der Waals surface area contributed by atoms with E-state index in [1.54, 1.807) is 30.3 Å². The minimum atomic E-state index is -0.00299. The number of thiazole rings is 1. The highest BCUT2D eigenvalue weighted by molar-refractivity contribution is 14.0. The Bertz CT molecular complexity index is 478. The van der Waals surface area contributed by atoms with Crippen LogP contribution in [-0.2, 0) is 11.2 Å². The Kier molecular flexibility index (Phi) is 11.2. The zero-order valence-corrected chi connectivity index (χ0v) is 17.7. The van der Waals surface area contributed by atoms with Gasteiger partial charge >= 0.3 is 0 Å². The largest absolute Gasteiger partial charge is 0.354 e. The molecule has 6 nitrogen and oxygen atoms in total. The highest BCUT2D eigenvalue weighted by Crippen LogP contribution is 2.05. The van der Waals surface area contributed by atoms with Gasteiger partial charge in [-0.15, -0.1) is 35.3 Å². The second-order valence-electron chi connectivity index (χ2n) is 5.48. The Morgan fingerprint density at radius 1 is 1.43 bits per heavy atom. The van der Waals surface area contributed by atoms with Gasteiger partial charge in [-0.1, -0.05) is 6.92 Å². The van der Waals surface area contributed by atoms with Crippen LogP contribution in [-0.4, -0.2) is 66.9 Å². The van der Waals surface area contributed by atoms with E-state index in [0.717, 1.165) is 30.4 Å². The first-order chi connectivity index (χ1) is 10.4. The normalized spacial score (nSPS) is 12.3. The Balaban J connectivity index is 0.00000484. The first kappa shape index (κ1) is 22.1. The molecule has 1 amide bonds. The second-order valence-corrected chi connectivity index (χ2v) is 6.46. The quantitative estimate of drug-likeness (QED) is 0.390. The SMILES string of the molecule is CCC(C)NC(=NCC(=O)N(C)C)N(C)CCc1nccs1.I. The number of nitrogens with zero attached hydrogens (tertiary/aromatic N) is 4. The molecule has 0 saturated carbocycles. The van der Waals surface area contributed by atoms with Crippen LogP contribution < -0.4 is 5.32 Å². The van der Waals surface area contributed by atoms with Crippen LogP contribution >= 0.6 is 35.3 Å². The monoisotopic (exact) mass is 453 g/mol. The molecule has 0 aliphatic carbocycles. The summed E-state index contributed by atoms with van der Waals surface area (Å²) in [6.45, 7) is 5.20. The van der Waals surface area contributed by atoms with Crippen molar-refractivity contribution in [1.82, 2.24) is 20.1 Å². The van der Waals surface area contributed by atoms with Crippen molar-refractivity contribution < 1.29 is 4.79 Å². The minimum Gasteiger partial charge on any atom is -0.354 e. The number of hydrogen-bond donors (Lipinski definition) is 1. The van der Waals surface area contributed by atoms with Gasteiger partial charge in [0.05, 0.1) is 5.01 Å². The van der Waals surface area contributed by atoms with E-state index in [1.165, 1.54) is 0 Å². The lowest BCUT2D eigenvalue weighted by Crippen LogP contribution is -2.44. The van der Waals surface area contributed by atoms with Gasteiger partial charge in [-0.3, -0.25) is 4.79 Å². The molecule has 0 aromatic carbocycles. The van der Waals surface area contributed by atoms with Crippen LogP contribution in [0.3, 0.4) is 0 Å². The smallest absolute Gasteiger partial charge is 0.243 e. The first-order valence-corrected chi connectivity index (χ1v) is 8.42. The Morgan fingerprint density at radius 2 is 2.13 bits per heavy atom. The number of rotatable bonds is 7. The maximum Gasteiger partial charge on any atom is 0.243 e. The third kappa shape index (κ3) is 8.50. The molecule has 1 rings (SSSR count). The van der Waals surface area contributed by atoms with E-state index in [2.05, 4.69) is 34.0 Å². The van der Waals surface area contributed by atoms with Crippen LogP contribution in [0.4, 0.5) is 0 Å². The highest BCUT2D eigenvalue weighted by Gasteiger charge is 2.11. The number of hydrogen-bond acceptors (Lipinski definition) is 4. The summed E-state index contributed by atoms with van der Waals surface area (Å²) in [5, 5.41) is 6.47. The van der Waals surface area contributed by atoms with Crippen molar-refractivity contribution in [1.29, 1.82) is 0 Å². The van der Waals surface area contributed by atoms with E-state index in [0.29, 0.717) is 6.04 Å². The molecule has 0 radical (unpaired) electrons. The predicted octanol–water partition coefficient (Wildman–Crippen LogP) is 2.07. The van der Waals surface area contributed by atoms with Crippen LogP contribution in [0.5, 0.6) is 0 Å². The van der Waals surface area contributed by atoms with Gasteiger partial charge in [0.2, 0.25) is 5.91 Å². The predicted molar refractivity (Wildman–Crippen MR) is 108 cm³/mol. The molecule has 0 spiro atoms. The summed E-state index contributed by atoms with van der Waals surface area (Å²) in [5.41, 5.74) is 0. The van der Waals surface area contributed by atoms with Gasteiger partial charge in [-0.25, -0.2) is 9.98 Å². The summed E-state index contributed by atoms with van der Waals surface area (Å²) in [4.78, 5) is 24.1. The molecule has 132 valence electrons. The van der Waals surface area contributed by atoms with E-state index in [9.17, 15) is 4.79 Å². The highest BCUT2D eigenvalue weighted by atomic mass is 127. The zero-order chi connectivity index (χ0) is 16.5. The fraction of sp³-hybridized carbons (Fsp3) is 0.667. The van der Waals surface area contributed by atoms with Crippen LogP contribution in [0.2, 0.25) is 0 Å². The average molecular weight is 453 g/mol. The number of aromatic nitrogens is 1. The molecule has 1 aromatic rings. The molecule has 1 N–H and O–H groups in total. The van der Waals surface area contributed by atoms with Crippen molar-refractivity contribution in [2.75, 3.05) is 34.2 Å². The molecule has 0 aliphatic heterocycles. The molecule has 0 fully saturated rings. The summed E-state index contributed by atoms with van der Waals surface area (Å²) < 4.78 is 0. The van der Waals surface area contributed by atoms with Crippen molar-refractivity contribution in [2.45, 2.75) is 32.7 Å². The summed E-state index contributed by atoms with van der Waals surface area (Å²) in [7, 11) is 5.47. The fourth-order valence-electron chi connectivity index (χ4n) is 1.63. The van der Waals surface area contributed by atoms with Gasteiger partial charge < -0.3 is 15.1 Å². The molecule has 8 heteroatoms. The van der Waals surface area contributed by atoms with Crippen molar-refractivity contribution in [3.8, 4) is 0 Å². The Labute approximate surface area is 160 Å². The molecular weight excluding hydrogens is 425 g/mol. The standard InChI is InChI=1S/C15H27N5OS.HI/c1-6-12(2)18-15(17-11-14(21)19(3)4)20(5)9-7-13-16-8-10-22-13;/h8,10,12H,6-7,9,11H2,1-5H3,(H,17,18);1H. The lowest BCUT2D eigenvalue weighted by Gasteiger charge is -2.25. The molecule has 23 heavy (non-hydrogen) atoms. The number of aliphatic imine (C=N–C) groups is 1. The average Bonchev–Trinajstić information content (AvgIpc) is 3.01. The number of likely N-dealkylation sites (N-methyl/N-ethyl adjacent to an activating group) is 2. The van der Waals surface area contributed by atoms with Crippen molar-refractivity contribution >= 4 is 47.2 Å². The lowest BCUT2D eigenvalue weighted by atomic mass is 10.3. The molecule has 0 saturated heterocycles. The minimum absolute atomic E-state index is 0. The van der Waals surface area contributed by atoms with Crippen LogP contribution in [0.1, 0.15) is 25.3 Å². The summed E-state index contributed by atoms with van der Waals surface area (Å²) >= 11 is 1.66. The number of amides is 1. The second kappa shape index (κ2) is 11.6.